The van der Waals surface area contributed by atoms with Crippen LogP contribution in [0.4, 0.5) is 9.80 Å². The van der Waals surface area contributed by atoms with Crippen LogP contribution >= 0.6 is 11.3 Å². The van der Waals surface area contributed by atoms with Gasteiger partial charge in [0.1, 0.15) is 5.60 Å². The average Bonchev–Trinajstić information content (AvgIpc) is 3.09. The Morgan fingerprint density at radius 1 is 1.22 bits per heavy atom. The zero-order valence-electron chi connectivity index (χ0n) is 13.2. The summed E-state index contributed by atoms with van der Waals surface area (Å²) in [7, 11) is 0. The number of nitrogens with zero attached hydrogens (tertiary/aromatic N) is 2. The van der Waals surface area contributed by atoms with E-state index in [0.29, 0.717) is 5.00 Å². The number of hydrogen-bond donors (Lipinski definition) is 0. The molecule has 0 radical (unpaired) electrons. The van der Waals surface area contributed by atoms with E-state index in [1.807, 2.05) is 56.5 Å². The van der Waals surface area contributed by atoms with Gasteiger partial charge in [-0.3, -0.25) is 4.57 Å². The van der Waals surface area contributed by atoms with Crippen LogP contribution < -0.4 is 0 Å². The molecule has 0 amide bonds. The predicted molar refractivity (Wildman–Crippen MR) is 93.1 cm³/mol. The Morgan fingerprint density at radius 3 is 2.65 bits per heavy atom. The lowest BCUT2D eigenvalue weighted by Gasteiger charge is -2.19. The lowest BCUT2D eigenvalue weighted by molar-refractivity contribution is 0.0544. The fraction of sp³-hybridized carbons (Fsp3) is 0.222. The van der Waals surface area contributed by atoms with E-state index >= 15 is 0 Å². The highest BCUT2D eigenvalue weighted by molar-refractivity contribution is 7.15. The summed E-state index contributed by atoms with van der Waals surface area (Å²) >= 11 is 1.40. The number of hydrogen-bond acceptors (Lipinski definition) is 3. The van der Waals surface area contributed by atoms with Gasteiger partial charge in [0.2, 0.25) is 5.00 Å². The molecule has 0 aliphatic heterocycles. The number of fused-ring (bicyclic) bond motifs is 1. The van der Waals surface area contributed by atoms with Crippen molar-refractivity contribution in [3.8, 4) is 11.1 Å². The average molecular weight is 324 g/mol. The van der Waals surface area contributed by atoms with Gasteiger partial charge in [-0.05, 0) is 37.8 Å². The van der Waals surface area contributed by atoms with Gasteiger partial charge in [0.25, 0.3) is 0 Å². The molecule has 5 heteroatoms. The van der Waals surface area contributed by atoms with Crippen LogP contribution in [0.2, 0.25) is 0 Å². The Labute approximate surface area is 138 Å². The van der Waals surface area contributed by atoms with E-state index in [1.54, 1.807) is 6.20 Å². The van der Waals surface area contributed by atoms with Gasteiger partial charge >= 0.3 is 6.09 Å². The zero-order chi connectivity index (χ0) is 16.6. The molecule has 1 aromatic carbocycles. The zero-order valence-corrected chi connectivity index (χ0v) is 14.0. The van der Waals surface area contributed by atoms with Crippen LogP contribution in [-0.2, 0) is 4.74 Å². The lowest BCUT2D eigenvalue weighted by atomic mass is 10.1. The summed E-state index contributed by atoms with van der Waals surface area (Å²) in [6, 6.07) is 9.56. The SMILES string of the molecule is [C-]#[N+]c1sccc1-c1cn(C(=O)OC(C)(C)C)c2ccccc12. The molecule has 23 heavy (non-hydrogen) atoms. The molecule has 116 valence electrons. The third-order valence-electron chi connectivity index (χ3n) is 3.34. The predicted octanol–water partition coefficient (Wildman–Crippen LogP) is 5.70. The van der Waals surface area contributed by atoms with Crippen LogP contribution in [0.25, 0.3) is 26.9 Å². The van der Waals surface area contributed by atoms with Crippen LogP contribution in [0.5, 0.6) is 0 Å². The van der Waals surface area contributed by atoms with Gasteiger partial charge in [-0.25, -0.2) is 9.64 Å². The van der Waals surface area contributed by atoms with Crippen molar-refractivity contribution >= 4 is 33.3 Å². The maximum absolute atomic E-state index is 12.5. The Bertz CT molecular complexity index is 923. The van der Waals surface area contributed by atoms with Crippen molar-refractivity contribution < 1.29 is 9.53 Å². The van der Waals surface area contributed by atoms with E-state index in [-0.39, 0.29) is 0 Å². The number of aromatic nitrogens is 1. The maximum Gasteiger partial charge on any atom is 0.419 e. The third kappa shape index (κ3) is 2.86. The first-order valence-electron chi connectivity index (χ1n) is 7.19. The van der Waals surface area contributed by atoms with Gasteiger partial charge in [-0.15, -0.1) is 0 Å². The summed E-state index contributed by atoms with van der Waals surface area (Å²) in [5.41, 5.74) is 1.94. The van der Waals surface area contributed by atoms with Crippen molar-refractivity contribution in [2.75, 3.05) is 0 Å². The van der Waals surface area contributed by atoms with Gasteiger partial charge in [0, 0.05) is 17.1 Å². The first kappa shape index (κ1) is 15.3. The van der Waals surface area contributed by atoms with Crippen LogP contribution in [0.15, 0.2) is 41.9 Å². The Kier molecular flexibility index (Phi) is 3.70. The smallest absolute Gasteiger partial charge is 0.419 e. The van der Waals surface area contributed by atoms with Gasteiger partial charge in [0.15, 0.2) is 0 Å². The topological polar surface area (TPSA) is 35.6 Å². The highest BCUT2D eigenvalue weighted by atomic mass is 32.1. The van der Waals surface area contributed by atoms with Crippen LogP contribution in [0.3, 0.4) is 0 Å². The quantitative estimate of drug-likeness (QED) is 0.538. The molecule has 3 aromatic rings. The minimum absolute atomic E-state index is 0.417. The van der Waals surface area contributed by atoms with Crippen LogP contribution in [-0.4, -0.2) is 16.3 Å². The molecule has 0 bridgehead atoms. The second-order valence-corrected chi connectivity index (χ2v) is 7.06. The highest BCUT2D eigenvalue weighted by Gasteiger charge is 2.22. The molecule has 2 aromatic heterocycles. The molecule has 4 nitrogen and oxygen atoms in total. The second-order valence-electron chi connectivity index (χ2n) is 6.16. The number of rotatable bonds is 1. The Balaban J connectivity index is 2.19. The lowest BCUT2D eigenvalue weighted by Crippen LogP contribution is -2.26. The van der Waals surface area contributed by atoms with Crippen molar-refractivity contribution in [1.29, 1.82) is 0 Å². The van der Waals surface area contributed by atoms with E-state index in [1.165, 1.54) is 15.9 Å². The monoisotopic (exact) mass is 324 g/mol. The Hall–Kier alpha value is -2.58. The summed E-state index contributed by atoms with van der Waals surface area (Å²) in [4.78, 5) is 16.1. The summed E-state index contributed by atoms with van der Waals surface area (Å²) in [5.74, 6) is 0. The largest absolute Gasteiger partial charge is 0.443 e. The van der Waals surface area contributed by atoms with Crippen LogP contribution in [0.1, 0.15) is 20.8 Å². The van der Waals surface area contributed by atoms with Crippen molar-refractivity contribution in [3.63, 3.8) is 0 Å². The molecule has 0 aliphatic carbocycles. The van der Waals surface area contributed by atoms with Gasteiger partial charge in [-0.1, -0.05) is 24.3 Å². The number of para-hydroxylation sites is 1. The van der Waals surface area contributed by atoms with E-state index in [9.17, 15) is 4.79 Å². The minimum atomic E-state index is -0.563. The van der Waals surface area contributed by atoms with Crippen molar-refractivity contribution in [3.05, 3.63) is 53.3 Å². The number of carbonyl (C=O) groups excluding carboxylic acids is 1. The van der Waals surface area contributed by atoms with Crippen LogP contribution in [0, 0.1) is 6.57 Å². The van der Waals surface area contributed by atoms with Gasteiger partial charge in [-0.2, -0.15) is 11.3 Å². The molecule has 0 saturated heterocycles. The van der Waals surface area contributed by atoms with Crippen molar-refractivity contribution in [1.82, 2.24) is 4.57 Å². The van der Waals surface area contributed by atoms with E-state index in [0.717, 1.165) is 22.0 Å². The summed E-state index contributed by atoms with van der Waals surface area (Å²) in [6.45, 7) is 12.8. The molecule has 0 fully saturated rings. The number of carbonyl (C=O) groups is 1. The maximum atomic E-state index is 12.5. The standard InChI is InChI=1S/C18H16N2O2S/c1-18(2,3)22-17(21)20-11-14(12-7-5-6-8-15(12)20)13-9-10-23-16(13)19-4/h5-11H,1-3H3. The van der Waals surface area contributed by atoms with E-state index in [4.69, 9.17) is 11.3 Å². The number of ether oxygens (including phenoxy) is 1. The summed E-state index contributed by atoms with van der Waals surface area (Å²) in [6.07, 6.45) is 1.34. The molecule has 0 spiro atoms. The van der Waals surface area contributed by atoms with Gasteiger partial charge < -0.3 is 4.74 Å². The first-order valence-corrected chi connectivity index (χ1v) is 8.07. The molecule has 0 unspecified atom stereocenters. The highest BCUT2D eigenvalue weighted by Crippen LogP contribution is 2.40. The molecule has 0 aliphatic rings. The fourth-order valence-electron chi connectivity index (χ4n) is 2.45. The molecule has 2 heterocycles. The minimum Gasteiger partial charge on any atom is -0.443 e. The normalized spacial score (nSPS) is 11.4. The van der Waals surface area contributed by atoms with E-state index < -0.39 is 11.7 Å². The third-order valence-corrected chi connectivity index (χ3v) is 4.15. The second kappa shape index (κ2) is 5.56. The summed E-state index contributed by atoms with van der Waals surface area (Å²) < 4.78 is 7.00. The molecule has 0 saturated carbocycles. The molecule has 0 atom stereocenters. The number of benzene rings is 1. The van der Waals surface area contributed by atoms with Crippen molar-refractivity contribution in [2.45, 2.75) is 26.4 Å². The molecular weight excluding hydrogens is 308 g/mol. The fourth-order valence-corrected chi connectivity index (χ4v) is 3.14. The summed E-state index contributed by atoms with van der Waals surface area (Å²) in [5, 5.41) is 3.45. The molecule has 3 rings (SSSR count). The Morgan fingerprint density at radius 2 is 1.96 bits per heavy atom. The van der Waals surface area contributed by atoms with Crippen molar-refractivity contribution in [2.24, 2.45) is 0 Å². The molecular formula is C18H16N2O2S. The number of thiophene rings is 1. The molecule has 0 N–H and O–H groups in total. The first-order chi connectivity index (χ1) is 10.9. The van der Waals surface area contributed by atoms with E-state index in [2.05, 4.69) is 4.85 Å². The van der Waals surface area contributed by atoms with Gasteiger partial charge in [0.05, 0.1) is 12.1 Å².